The lowest BCUT2D eigenvalue weighted by Crippen LogP contribution is -2.23. The standard InChI is InChI=1S/C12H14N4OS/c1-8(13)11(9-2-5-14-6-3-9)18-12-15-7-4-10(17)16-12/h2-8,11H,13H2,1H3,(H,15,16,17). The zero-order valence-corrected chi connectivity index (χ0v) is 10.7. The summed E-state index contributed by atoms with van der Waals surface area (Å²) in [4.78, 5) is 22.0. The van der Waals surface area contributed by atoms with Gasteiger partial charge >= 0.3 is 0 Å². The molecule has 94 valence electrons. The second-order valence-corrected chi connectivity index (χ2v) is 5.05. The zero-order chi connectivity index (χ0) is 13.0. The second kappa shape index (κ2) is 5.79. The average molecular weight is 262 g/mol. The van der Waals surface area contributed by atoms with Gasteiger partial charge in [0, 0.05) is 30.7 Å². The van der Waals surface area contributed by atoms with Crippen LogP contribution in [0.15, 0.2) is 46.7 Å². The number of hydrogen-bond donors (Lipinski definition) is 2. The molecule has 5 nitrogen and oxygen atoms in total. The van der Waals surface area contributed by atoms with E-state index in [2.05, 4.69) is 15.0 Å². The van der Waals surface area contributed by atoms with Crippen molar-refractivity contribution in [2.45, 2.75) is 23.4 Å². The molecule has 0 spiro atoms. The second-order valence-electron chi connectivity index (χ2n) is 3.92. The fourth-order valence-corrected chi connectivity index (χ4v) is 2.59. The fraction of sp³-hybridized carbons (Fsp3) is 0.250. The molecule has 0 fully saturated rings. The molecule has 2 atom stereocenters. The summed E-state index contributed by atoms with van der Waals surface area (Å²) in [5, 5.41) is 0.597. The maximum atomic E-state index is 11.2. The number of rotatable bonds is 4. The Hall–Kier alpha value is -1.66. The minimum atomic E-state index is -0.161. The van der Waals surface area contributed by atoms with E-state index in [9.17, 15) is 4.79 Å². The Morgan fingerprint density at radius 1 is 1.28 bits per heavy atom. The molecule has 0 saturated heterocycles. The molecule has 0 bridgehead atoms. The smallest absolute Gasteiger partial charge is 0.251 e. The largest absolute Gasteiger partial charge is 0.327 e. The first-order valence-electron chi connectivity index (χ1n) is 5.54. The van der Waals surface area contributed by atoms with Gasteiger partial charge in [-0.2, -0.15) is 0 Å². The maximum absolute atomic E-state index is 11.2. The Labute approximate surface area is 109 Å². The fourth-order valence-electron chi connectivity index (χ4n) is 1.56. The number of pyridine rings is 1. The molecule has 0 aliphatic rings. The van der Waals surface area contributed by atoms with Gasteiger partial charge in [-0.25, -0.2) is 4.98 Å². The van der Waals surface area contributed by atoms with Gasteiger partial charge in [-0.1, -0.05) is 11.8 Å². The van der Waals surface area contributed by atoms with E-state index >= 15 is 0 Å². The maximum Gasteiger partial charge on any atom is 0.251 e. The Morgan fingerprint density at radius 2 is 2.00 bits per heavy atom. The van der Waals surface area contributed by atoms with Gasteiger partial charge in [0.05, 0.1) is 5.25 Å². The number of nitrogens with one attached hydrogen (secondary N) is 1. The van der Waals surface area contributed by atoms with E-state index in [0.717, 1.165) is 5.56 Å². The van der Waals surface area contributed by atoms with Gasteiger partial charge in [0.15, 0.2) is 5.16 Å². The van der Waals surface area contributed by atoms with Crippen LogP contribution in [0.5, 0.6) is 0 Å². The molecular formula is C12H14N4OS. The Morgan fingerprint density at radius 3 is 2.61 bits per heavy atom. The van der Waals surface area contributed by atoms with Crippen LogP contribution in [0.1, 0.15) is 17.7 Å². The van der Waals surface area contributed by atoms with Gasteiger partial charge in [0.25, 0.3) is 5.56 Å². The first kappa shape index (κ1) is 12.8. The molecule has 3 N–H and O–H groups in total. The van der Waals surface area contributed by atoms with Crippen molar-refractivity contribution in [2.75, 3.05) is 0 Å². The first-order valence-corrected chi connectivity index (χ1v) is 6.42. The summed E-state index contributed by atoms with van der Waals surface area (Å²) < 4.78 is 0. The summed E-state index contributed by atoms with van der Waals surface area (Å²) in [5.41, 5.74) is 6.90. The Balaban J connectivity index is 2.25. The zero-order valence-electron chi connectivity index (χ0n) is 9.91. The molecule has 0 saturated carbocycles. The summed E-state index contributed by atoms with van der Waals surface area (Å²) in [6.45, 7) is 1.93. The summed E-state index contributed by atoms with van der Waals surface area (Å²) in [7, 11) is 0. The highest BCUT2D eigenvalue weighted by molar-refractivity contribution is 7.99. The third kappa shape index (κ3) is 3.18. The van der Waals surface area contributed by atoms with Gasteiger partial charge in [-0.05, 0) is 24.6 Å². The monoisotopic (exact) mass is 262 g/mol. The van der Waals surface area contributed by atoms with Gasteiger partial charge in [-0.15, -0.1) is 0 Å². The number of aromatic nitrogens is 3. The molecule has 0 amide bonds. The van der Waals surface area contributed by atoms with Crippen LogP contribution >= 0.6 is 11.8 Å². The lowest BCUT2D eigenvalue weighted by molar-refractivity contribution is 0.716. The van der Waals surface area contributed by atoms with Crippen molar-refractivity contribution in [3.05, 3.63) is 52.7 Å². The molecular weight excluding hydrogens is 248 g/mol. The molecule has 2 heterocycles. The Bertz CT molecular complexity index is 555. The van der Waals surface area contributed by atoms with E-state index in [4.69, 9.17) is 5.73 Å². The van der Waals surface area contributed by atoms with Crippen molar-refractivity contribution in [1.29, 1.82) is 0 Å². The van der Waals surface area contributed by atoms with Crippen LogP contribution in [-0.4, -0.2) is 21.0 Å². The quantitative estimate of drug-likeness (QED) is 0.641. The summed E-state index contributed by atoms with van der Waals surface area (Å²) in [6, 6.07) is 5.16. The molecule has 2 rings (SSSR count). The van der Waals surface area contributed by atoms with E-state index in [0.29, 0.717) is 5.16 Å². The number of H-pyrrole nitrogens is 1. The first-order chi connectivity index (χ1) is 8.66. The SMILES string of the molecule is CC(N)C(Sc1nccc(=O)[nH]1)c1ccncc1. The predicted octanol–water partition coefficient (Wildman–Crippen LogP) is 1.35. The van der Waals surface area contributed by atoms with Crippen molar-refractivity contribution in [3.63, 3.8) is 0 Å². The molecule has 2 unspecified atom stereocenters. The normalized spacial score (nSPS) is 14.1. The minimum Gasteiger partial charge on any atom is -0.327 e. The minimum absolute atomic E-state index is 0.0264. The van der Waals surface area contributed by atoms with Gasteiger partial charge < -0.3 is 10.7 Å². The number of thioether (sulfide) groups is 1. The lowest BCUT2D eigenvalue weighted by atomic mass is 10.1. The molecule has 0 aliphatic heterocycles. The van der Waals surface area contributed by atoms with Crippen LogP contribution in [0.2, 0.25) is 0 Å². The van der Waals surface area contributed by atoms with E-state index in [-0.39, 0.29) is 16.9 Å². The van der Waals surface area contributed by atoms with Gasteiger partial charge in [0.2, 0.25) is 0 Å². The number of aromatic amines is 1. The van der Waals surface area contributed by atoms with E-state index in [1.165, 1.54) is 24.0 Å². The molecule has 0 aromatic carbocycles. The van der Waals surface area contributed by atoms with Gasteiger partial charge in [-0.3, -0.25) is 9.78 Å². The van der Waals surface area contributed by atoms with E-state index in [1.807, 2.05) is 19.1 Å². The van der Waals surface area contributed by atoms with Crippen LogP contribution in [0, 0.1) is 0 Å². The van der Waals surface area contributed by atoms with Crippen molar-refractivity contribution >= 4 is 11.8 Å². The molecule has 6 heteroatoms. The van der Waals surface area contributed by atoms with E-state index in [1.54, 1.807) is 12.4 Å². The number of nitrogens with zero attached hydrogens (tertiary/aromatic N) is 2. The number of nitrogens with two attached hydrogens (primary N) is 1. The molecule has 0 aliphatic carbocycles. The van der Waals surface area contributed by atoms with Crippen molar-refractivity contribution in [3.8, 4) is 0 Å². The van der Waals surface area contributed by atoms with Crippen LogP contribution in [-0.2, 0) is 0 Å². The highest BCUT2D eigenvalue weighted by atomic mass is 32.2. The summed E-state index contributed by atoms with van der Waals surface area (Å²) >= 11 is 1.44. The van der Waals surface area contributed by atoms with E-state index < -0.39 is 0 Å². The number of hydrogen-bond acceptors (Lipinski definition) is 5. The third-order valence-corrected chi connectivity index (χ3v) is 3.78. The highest BCUT2D eigenvalue weighted by Crippen LogP contribution is 2.34. The average Bonchev–Trinajstić information content (AvgIpc) is 2.37. The third-order valence-electron chi connectivity index (χ3n) is 2.40. The topological polar surface area (TPSA) is 84.7 Å². The van der Waals surface area contributed by atoms with Crippen molar-refractivity contribution in [1.82, 2.24) is 15.0 Å². The van der Waals surface area contributed by atoms with Gasteiger partial charge in [0.1, 0.15) is 0 Å². The van der Waals surface area contributed by atoms with Crippen molar-refractivity contribution < 1.29 is 0 Å². The van der Waals surface area contributed by atoms with Crippen LogP contribution in [0.25, 0.3) is 0 Å². The van der Waals surface area contributed by atoms with Crippen LogP contribution < -0.4 is 11.3 Å². The molecule has 18 heavy (non-hydrogen) atoms. The lowest BCUT2D eigenvalue weighted by Gasteiger charge is -2.19. The molecule has 2 aromatic heterocycles. The predicted molar refractivity (Wildman–Crippen MR) is 71.3 cm³/mol. The highest BCUT2D eigenvalue weighted by Gasteiger charge is 2.18. The molecule has 2 aromatic rings. The summed E-state index contributed by atoms with van der Waals surface area (Å²) in [6.07, 6.45) is 4.95. The Kier molecular flexibility index (Phi) is 4.11. The van der Waals surface area contributed by atoms with Crippen molar-refractivity contribution in [2.24, 2.45) is 5.73 Å². The molecule has 0 radical (unpaired) electrons. The van der Waals surface area contributed by atoms with Crippen LogP contribution in [0.3, 0.4) is 0 Å². The summed E-state index contributed by atoms with van der Waals surface area (Å²) in [5.74, 6) is 0. The van der Waals surface area contributed by atoms with Crippen LogP contribution in [0.4, 0.5) is 0 Å².